The van der Waals surface area contributed by atoms with Crippen LogP contribution in [-0.4, -0.2) is 24.2 Å². The summed E-state index contributed by atoms with van der Waals surface area (Å²) < 4.78 is 4.86. The third-order valence-corrected chi connectivity index (χ3v) is 0.997. The first-order chi connectivity index (χ1) is 5.81. The van der Waals surface area contributed by atoms with E-state index < -0.39 is 17.7 Å². The minimum Gasteiger partial charge on any atom is -0.550 e. The summed E-state index contributed by atoms with van der Waals surface area (Å²) in [6, 6.07) is 0. The molecule has 0 atom stereocenters. The van der Waals surface area contributed by atoms with Gasteiger partial charge in [0.25, 0.3) is 0 Å². The monoisotopic (exact) mass is 227 g/mol. The summed E-state index contributed by atoms with van der Waals surface area (Å²) in [6.07, 6.45) is -0.826. The van der Waals surface area contributed by atoms with Crippen LogP contribution in [0.2, 0.25) is 0 Å². The van der Waals surface area contributed by atoms with Gasteiger partial charge in [-0.1, -0.05) is 0 Å². The van der Waals surface area contributed by atoms with Gasteiger partial charge in [-0.25, -0.2) is 4.79 Å². The molecule has 0 aliphatic rings. The Morgan fingerprint density at radius 3 is 2.21 bits per heavy atom. The summed E-state index contributed by atoms with van der Waals surface area (Å²) in [7, 11) is 0. The molecular formula is C8H14KNO4. The van der Waals surface area contributed by atoms with Gasteiger partial charge in [0.15, 0.2) is 0 Å². The molecule has 0 rings (SSSR count). The maximum Gasteiger partial charge on any atom is 1.00 e. The predicted molar refractivity (Wildman–Crippen MR) is 43.9 cm³/mol. The second kappa shape index (κ2) is 7.64. The van der Waals surface area contributed by atoms with E-state index in [0.717, 1.165) is 0 Å². The number of alkyl carbamates (subject to hydrolysis) is 1. The van der Waals surface area contributed by atoms with Crippen molar-refractivity contribution in [3.05, 3.63) is 0 Å². The molecule has 1 amide bonds. The summed E-state index contributed by atoms with van der Waals surface area (Å²) in [4.78, 5) is 20.9. The second-order valence-corrected chi connectivity index (χ2v) is 3.55. The molecular weight excluding hydrogens is 213 g/mol. The van der Waals surface area contributed by atoms with E-state index >= 15 is 0 Å². The summed E-state index contributed by atoms with van der Waals surface area (Å²) >= 11 is 0. The number of amides is 1. The third-order valence-electron chi connectivity index (χ3n) is 0.997. The van der Waals surface area contributed by atoms with Gasteiger partial charge in [0.05, 0.1) is 0 Å². The van der Waals surface area contributed by atoms with Crippen LogP contribution in [0.4, 0.5) is 4.79 Å². The Balaban J connectivity index is 0. The van der Waals surface area contributed by atoms with E-state index in [1.54, 1.807) is 20.8 Å². The average Bonchev–Trinajstić information content (AvgIpc) is 1.81. The third kappa shape index (κ3) is 12.4. The number of aliphatic carboxylic acids is 1. The number of hydrogen-bond donors (Lipinski definition) is 1. The summed E-state index contributed by atoms with van der Waals surface area (Å²) in [5.41, 5.74) is -0.564. The molecule has 76 valence electrons. The molecule has 0 aromatic heterocycles. The Morgan fingerprint density at radius 1 is 1.36 bits per heavy atom. The molecule has 6 heteroatoms. The van der Waals surface area contributed by atoms with E-state index in [1.165, 1.54) is 0 Å². The number of carbonyl (C=O) groups excluding carboxylic acids is 2. The molecule has 14 heavy (non-hydrogen) atoms. The van der Waals surface area contributed by atoms with Crippen molar-refractivity contribution in [1.82, 2.24) is 5.32 Å². The Morgan fingerprint density at radius 2 is 1.86 bits per heavy atom. The number of rotatable bonds is 3. The standard InChI is InChI=1S/C8H15NO4.K/c1-8(2,3)13-7(12)9-5-4-6(10)11;/h4-5H2,1-3H3,(H,9,12)(H,10,11);/q;+1/p-1. The van der Waals surface area contributed by atoms with Crippen LogP contribution in [-0.2, 0) is 9.53 Å². The largest absolute Gasteiger partial charge is 1.00 e. The molecule has 0 aliphatic heterocycles. The van der Waals surface area contributed by atoms with Crippen LogP contribution in [0.15, 0.2) is 0 Å². The molecule has 0 aromatic rings. The van der Waals surface area contributed by atoms with Crippen molar-refractivity contribution in [2.75, 3.05) is 6.54 Å². The van der Waals surface area contributed by atoms with Crippen molar-refractivity contribution in [3.63, 3.8) is 0 Å². The first kappa shape index (κ1) is 16.8. The van der Waals surface area contributed by atoms with Crippen LogP contribution in [0.5, 0.6) is 0 Å². The molecule has 0 unspecified atom stereocenters. The number of carboxylic acids is 1. The maximum absolute atomic E-state index is 10.9. The fourth-order valence-corrected chi connectivity index (χ4v) is 0.581. The van der Waals surface area contributed by atoms with E-state index in [2.05, 4.69) is 5.32 Å². The molecule has 0 aromatic carbocycles. The van der Waals surface area contributed by atoms with Crippen LogP contribution >= 0.6 is 0 Å². The Labute approximate surface area is 126 Å². The molecule has 0 heterocycles. The summed E-state index contributed by atoms with van der Waals surface area (Å²) in [6.45, 7) is 5.21. The molecule has 0 saturated carbocycles. The van der Waals surface area contributed by atoms with E-state index in [1.807, 2.05) is 0 Å². The smallest absolute Gasteiger partial charge is 0.550 e. The maximum atomic E-state index is 10.9. The van der Waals surface area contributed by atoms with E-state index in [9.17, 15) is 14.7 Å². The second-order valence-electron chi connectivity index (χ2n) is 3.55. The summed E-state index contributed by atoms with van der Waals surface area (Å²) in [5.74, 6) is -1.20. The molecule has 0 saturated heterocycles. The average molecular weight is 227 g/mol. The minimum absolute atomic E-state index is 0. The molecule has 0 radical (unpaired) electrons. The van der Waals surface area contributed by atoms with Crippen molar-refractivity contribution in [1.29, 1.82) is 0 Å². The predicted octanol–water partition coefficient (Wildman–Crippen LogP) is -3.34. The molecule has 0 aliphatic carbocycles. The van der Waals surface area contributed by atoms with Gasteiger partial charge in [0, 0.05) is 18.9 Å². The zero-order chi connectivity index (χ0) is 10.5. The Kier molecular flexibility index (Phi) is 9.16. The van der Waals surface area contributed by atoms with Gasteiger partial charge in [-0.2, -0.15) is 0 Å². The number of carboxylic acid groups (broad SMARTS) is 1. The van der Waals surface area contributed by atoms with Crippen LogP contribution in [0.25, 0.3) is 0 Å². The SMILES string of the molecule is CC(C)(C)OC(=O)NCCC(=O)[O-].[K+]. The number of ether oxygens (including phenoxy) is 1. The van der Waals surface area contributed by atoms with E-state index in [4.69, 9.17) is 4.74 Å². The molecule has 5 nitrogen and oxygen atoms in total. The van der Waals surface area contributed by atoms with Gasteiger partial charge >= 0.3 is 57.5 Å². The van der Waals surface area contributed by atoms with Gasteiger partial charge in [0.2, 0.25) is 0 Å². The van der Waals surface area contributed by atoms with Crippen molar-refractivity contribution in [2.24, 2.45) is 0 Å². The topological polar surface area (TPSA) is 78.5 Å². The number of nitrogens with one attached hydrogen (secondary N) is 1. The van der Waals surface area contributed by atoms with Crippen LogP contribution in [0.1, 0.15) is 27.2 Å². The van der Waals surface area contributed by atoms with Gasteiger partial charge in [-0.05, 0) is 20.8 Å². The molecule has 1 N–H and O–H groups in total. The Bertz CT molecular complexity index is 200. The fraction of sp³-hybridized carbons (Fsp3) is 0.750. The van der Waals surface area contributed by atoms with Crippen molar-refractivity contribution >= 4 is 12.1 Å². The van der Waals surface area contributed by atoms with Gasteiger partial charge in [0.1, 0.15) is 5.60 Å². The van der Waals surface area contributed by atoms with Gasteiger partial charge in [-0.15, -0.1) is 0 Å². The fourth-order valence-electron chi connectivity index (χ4n) is 0.581. The molecule has 0 spiro atoms. The zero-order valence-electron chi connectivity index (χ0n) is 9.05. The van der Waals surface area contributed by atoms with Gasteiger partial charge < -0.3 is 20.0 Å². The minimum atomic E-state index is -1.20. The van der Waals surface area contributed by atoms with Crippen molar-refractivity contribution in [3.8, 4) is 0 Å². The van der Waals surface area contributed by atoms with Crippen molar-refractivity contribution in [2.45, 2.75) is 32.8 Å². The number of hydrogen-bond acceptors (Lipinski definition) is 4. The van der Waals surface area contributed by atoms with Gasteiger partial charge in [-0.3, -0.25) is 0 Å². The normalized spacial score (nSPS) is 9.93. The van der Waals surface area contributed by atoms with Crippen LogP contribution < -0.4 is 61.8 Å². The summed E-state index contributed by atoms with van der Waals surface area (Å²) in [5, 5.41) is 12.3. The first-order valence-electron chi connectivity index (χ1n) is 3.98. The van der Waals surface area contributed by atoms with Crippen LogP contribution in [0, 0.1) is 0 Å². The first-order valence-corrected chi connectivity index (χ1v) is 3.98. The quantitative estimate of drug-likeness (QED) is 0.511. The number of carbonyl (C=O) groups is 2. The van der Waals surface area contributed by atoms with E-state index in [-0.39, 0.29) is 64.4 Å². The Hall–Kier alpha value is 0.376. The van der Waals surface area contributed by atoms with E-state index in [0.29, 0.717) is 0 Å². The zero-order valence-corrected chi connectivity index (χ0v) is 12.2. The molecule has 0 bridgehead atoms. The molecule has 0 fully saturated rings. The van der Waals surface area contributed by atoms with Crippen molar-refractivity contribution < 1.29 is 70.8 Å². The van der Waals surface area contributed by atoms with Crippen LogP contribution in [0.3, 0.4) is 0 Å².